The number of sulfone groups is 1. The molecule has 0 radical (unpaired) electrons. The zero-order chi connectivity index (χ0) is 15.0. The van der Waals surface area contributed by atoms with E-state index in [1.165, 1.54) is 0 Å². The number of methoxy groups -OCH3 is 1. The van der Waals surface area contributed by atoms with Crippen LogP contribution in [0.1, 0.15) is 20.3 Å². The lowest BCUT2D eigenvalue weighted by molar-refractivity contribution is 0.0866. The summed E-state index contributed by atoms with van der Waals surface area (Å²) in [7, 11) is -1.37. The molecule has 120 valence electrons. The van der Waals surface area contributed by atoms with Gasteiger partial charge >= 0.3 is 0 Å². The van der Waals surface area contributed by atoms with Gasteiger partial charge in [-0.1, -0.05) is 13.8 Å². The van der Waals surface area contributed by atoms with E-state index in [9.17, 15) is 8.42 Å². The second-order valence-corrected chi connectivity index (χ2v) is 8.63. The smallest absolute Gasteiger partial charge is 0.166 e. The third-order valence-electron chi connectivity index (χ3n) is 3.58. The van der Waals surface area contributed by atoms with E-state index >= 15 is 0 Å². The predicted octanol–water partition coefficient (Wildman–Crippen LogP) is 0.811. The van der Waals surface area contributed by atoms with E-state index in [1.807, 2.05) is 0 Å². The molecule has 7 heteroatoms. The van der Waals surface area contributed by atoms with Gasteiger partial charge in [-0.2, -0.15) is 11.8 Å². The first-order chi connectivity index (χ1) is 9.56. The number of thioether (sulfide) groups is 1. The Morgan fingerprint density at radius 3 is 2.80 bits per heavy atom. The first kappa shape index (κ1) is 18.2. The van der Waals surface area contributed by atoms with E-state index in [-0.39, 0.29) is 17.2 Å². The molecule has 0 spiro atoms. The largest absolute Gasteiger partial charge is 0.383 e. The molecule has 2 atom stereocenters. The van der Waals surface area contributed by atoms with E-state index in [4.69, 9.17) is 4.74 Å². The minimum Gasteiger partial charge on any atom is -0.383 e. The van der Waals surface area contributed by atoms with Crippen molar-refractivity contribution in [2.24, 2.45) is 0 Å². The third kappa shape index (κ3) is 5.18. The zero-order valence-corrected chi connectivity index (χ0v) is 14.4. The fourth-order valence-corrected chi connectivity index (χ4v) is 5.52. The Labute approximate surface area is 127 Å². The molecule has 5 nitrogen and oxygen atoms in total. The lowest BCUT2D eigenvalue weighted by Crippen LogP contribution is -2.56. The minimum absolute atomic E-state index is 0.124. The zero-order valence-electron chi connectivity index (χ0n) is 12.8. The van der Waals surface area contributed by atoms with Gasteiger partial charge in [-0.25, -0.2) is 8.42 Å². The van der Waals surface area contributed by atoms with Crippen molar-refractivity contribution in [3.8, 4) is 0 Å². The molecule has 0 aliphatic carbocycles. The molecule has 1 rings (SSSR count). The van der Waals surface area contributed by atoms with Gasteiger partial charge in [0.15, 0.2) is 9.84 Å². The summed E-state index contributed by atoms with van der Waals surface area (Å²) in [5, 5.41) is 3.02. The molecule has 2 unspecified atom stereocenters. The van der Waals surface area contributed by atoms with Crippen LogP contribution in [0.4, 0.5) is 0 Å². The Bertz CT molecular complexity index is 363. The number of hydrogen-bond acceptors (Lipinski definition) is 6. The van der Waals surface area contributed by atoms with Gasteiger partial charge in [-0.15, -0.1) is 0 Å². The highest BCUT2D eigenvalue weighted by Gasteiger charge is 2.36. The maximum atomic E-state index is 12.3. The van der Waals surface area contributed by atoms with Crippen LogP contribution >= 0.6 is 11.8 Å². The van der Waals surface area contributed by atoms with Gasteiger partial charge < -0.3 is 10.1 Å². The van der Waals surface area contributed by atoms with Gasteiger partial charge in [-0.3, -0.25) is 4.90 Å². The number of nitrogens with zero attached hydrogens (tertiary/aromatic N) is 1. The Balaban J connectivity index is 2.78. The SMILES string of the molecule is CCCNCC(COC)N1CCSCC1S(=O)(=O)CC. The van der Waals surface area contributed by atoms with Crippen LogP contribution in [-0.2, 0) is 14.6 Å². The van der Waals surface area contributed by atoms with Crippen molar-refractivity contribution >= 4 is 21.6 Å². The maximum absolute atomic E-state index is 12.3. The molecule has 0 amide bonds. The molecule has 1 N–H and O–H groups in total. The summed E-state index contributed by atoms with van der Waals surface area (Å²) >= 11 is 1.73. The molecule has 1 aliphatic heterocycles. The van der Waals surface area contributed by atoms with Gasteiger partial charge in [0.2, 0.25) is 0 Å². The third-order valence-corrected chi connectivity index (χ3v) is 6.88. The lowest BCUT2D eigenvalue weighted by Gasteiger charge is -2.40. The monoisotopic (exact) mass is 324 g/mol. The standard InChI is InChI=1S/C13H28N2O3S2/c1-4-6-14-9-12(10-18-3)15-7-8-19-11-13(15)20(16,17)5-2/h12-14H,4-11H2,1-3H3. The van der Waals surface area contributed by atoms with Crippen LogP contribution in [0.15, 0.2) is 0 Å². The van der Waals surface area contributed by atoms with Gasteiger partial charge in [0.05, 0.1) is 6.61 Å². The molecule has 0 aromatic rings. The first-order valence-electron chi connectivity index (χ1n) is 7.31. The normalized spacial score (nSPS) is 22.9. The van der Waals surface area contributed by atoms with Gasteiger partial charge in [0.25, 0.3) is 0 Å². The fraction of sp³-hybridized carbons (Fsp3) is 1.00. The quantitative estimate of drug-likeness (QED) is 0.634. The average Bonchev–Trinajstić information content (AvgIpc) is 2.46. The van der Waals surface area contributed by atoms with Crippen molar-refractivity contribution in [1.82, 2.24) is 10.2 Å². The molecule has 1 fully saturated rings. The number of hydrogen-bond donors (Lipinski definition) is 1. The van der Waals surface area contributed by atoms with E-state index in [2.05, 4.69) is 17.1 Å². The lowest BCUT2D eigenvalue weighted by atomic mass is 10.2. The molecule has 1 aliphatic rings. The molecular weight excluding hydrogens is 296 g/mol. The Morgan fingerprint density at radius 2 is 2.20 bits per heavy atom. The molecule has 0 bridgehead atoms. The second kappa shape index (κ2) is 9.25. The van der Waals surface area contributed by atoms with Crippen LogP contribution in [0.2, 0.25) is 0 Å². The summed E-state index contributed by atoms with van der Waals surface area (Å²) in [6, 6.07) is 0.124. The summed E-state index contributed by atoms with van der Waals surface area (Å²) in [5.74, 6) is 1.87. The molecule has 20 heavy (non-hydrogen) atoms. The van der Waals surface area contributed by atoms with Crippen molar-refractivity contribution in [2.45, 2.75) is 31.7 Å². The average molecular weight is 325 g/mol. The highest BCUT2D eigenvalue weighted by molar-refractivity contribution is 8.01. The van der Waals surface area contributed by atoms with E-state index in [0.717, 1.165) is 31.8 Å². The van der Waals surface area contributed by atoms with Crippen LogP contribution < -0.4 is 5.32 Å². The van der Waals surface area contributed by atoms with Crippen LogP contribution in [0, 0.1) is 0 Å². The van der Waals surface area contributed by atoms with E-state index < -0.39 is 9.84 Å². The summed E-state index contributed by atoms with van der Waals surface area (Å²) in [5.41, 5.74) is 0. The van der Waals surface area contributed by atoms with Gasteiger partial charge in [0.1, 0.15) is 5.37 Å². The number of ether oxygens (including phenoxy) is 1. The highest BCUT2D eigenvalue weighted by Crippen LogP contribution is 2.23. The second-order valence-electron chi connectivity index (χ2n) is 5.03. The highest BCUT2D eigenvalue weighted by atomic mass is 32.2. The Kier molecular flexibility index (Phi) is 8.43. The summed E-state index contributed by atoms with van der Waals surface area (Å²) < 4.78 is 29.9. The minimum atomic E-state index is -3.04. The first-order valence-corrected chi connectivity index (χ1v) is 10.2. The van der Waals surface area contributed by atoms with Crippen LogP contribution in [0.3, 0.4) is 0 Å². The Hall–Kier alpha value is 0.180. The molecule has 0 saturated carbocycles. The predicted molar refractivity (Wildman–Crippen MR) is 86.1 cm³/mol. The Morgan fingerprint density at radius 1 is 1.45 bits per heavy atom. The van der Waals surface area contributed by atoms with Gasteiger partial charge in [-0.05, 0) is 13.0 Å². The van der Waals surface area contributed by atoms with Crippen molar-refractivity contribution in [3.05, 3.63) is 0 Å². The molecule has 0 aromatic heterocycles. The summed E-state index contributed by atoms with van der Waals surface area (Å²) in [4.78, 5) is 2.13. The van der Waals surface area contributed by atoms with Crippen LogP contribution in [0.25, 0.3) is 0 Å². The van der Waals surface area contributed by atoms with Crippen molar-refractivity contribution < 1.29 is 13.2 Å². The van der Waals surface area contributed by atoms with Crippen LogP contribution in [0.5, 0.6) is 0 Å². The molecule has 0 aromatic carbocycles. The molecule has 1 saturated heterocycles. The topological polar surface area (TPSA) is 58.6 Å². The van der Waals surface area contributed by atoms with Crippen molar-refractivity contribution in [3.63, 3.8) is 0 Å². The summed E-state index contributed by atoms with van der Waals surface area (Å²) in [6.07, 6.45) is 1.08. The molecular formula is C13H28N2O3S2. The van der Waals surface area contributed by atoms with E-state index in [0.29, 0.717) is 12.4 Å². The van der Waals surface area contributed by atoms with Crippen LogP contribution in [-0.4, -0.2) is 75.3 Å². The molecule has 1 heterocycles. The number of nitrogens with one attached hydrogen (secondary N) is 1. The summed E-state index contributed by atoms with van der Waals surface area (Å²) in [6.45, 7) is 6.97. The maximum Gasteiger partial charge on any atom is 0.166 e. The fourth-order valence-electron chi connectivity index (χ4n) is 2.42. The van der Waals surface area contributed by atoms with Gasteiger partial charge in [0, 0.05) is 43.5 Å². The van der Waals surface area contributed by atoms with E-state index in [1.54, 1.807) is 25.8 Å². The number of rotatable bonds is 9. The van der Waals surface area contributed by atoms with Crippen molar-refractivity contribution in [1.29, 1.82) is 0 Å². The van der Waals surface area contributed by atoms with Crippen molar-refractivity contribution in [2.75, 3.05) is 50.6 Å².